The van der Waals surface area contributed by atoms with Gasteiger partial charge in [-0.3, -0.25) is 5.10 Å². The largest absolute Gasteiger partial charge is 0.356 e. The first-order chi connectivity index (χ1) is 14.4. The smallest absolute Gasteiger partial charge is 0.150 e. The summed E-state index contributed by atoms with van der Waals surface area (Å²) in [6, 6.07) is 4.06. The van der Waals surface area contributed by atoms with Gasteiger partial charge < -0.3 is 4.74 Å². The number of nitrogens with zero attached hydrogens (tertiary/aromatic N) is 3. The van der Waals surface area contributed by atoms with E-state index in [4.69, 9.17) is 27.9 Å². The van der Waals surface area contributed by atoms with Gasteiger partial charge in [-0.15, -0.1) is 0 Å². The molecule has 0 spiro atoms. The third kappa shape index (κ3) is 4.81. The van der Waals surface area contributed by atoms with Crippen LogP contribution in [0.15, 0.2) is 33.5 Å². The van der Waals surface area contributed by atoms with Crippen LogP contribution in [0, 0.1) is 13.8 Å². The van der Waals surface area contributed by atoms with Crippen molar-refractivity contribution in [3.05, 3.63) is 54.6 Å². The molecule has 5 nitrogen and oxygen atoms in total. The summed E-state index contributed by atoms with van der Waals surface area (Å²) < 4.78 is 9.60. The Bertz CT molecular complexity index is 1220. The van der Waals surface area contributed by atoms with E-state index in [1.54, 1.807) is 6.20 Å². The first-order valence-corrected chi connectivity index (χ1v) is 11.9. The maximum absolute atomic E-state index is 6.24. The van der Waals surface area contributed by atoms with E-state index in [1.165, 1.54) is 6.42 Å². The van der Waals surface area contributed by atoms with Crippen molar-refractivity contribution in [2.45, 2.75) is 46.8 Å². The van der Waals surface area contributed by atoms with Gasteiger partial charge in [0.1, 0.15) is 0 Å². The Morgan fingerprint density at radius 1 is 1.03 bits per heavy atom. The molecule has 1 aliphatic heterocycles. The van der Waals surface area contributed by atoms with Gasteiger partial charge in [0.05, 0.1) is 33.5 Å². The molecule has 1 N–H and O–H groups in total. The van der Waals surface area contributed by atoms with Gasteiger partial charge in [0, 0.05) is 26.3 Å². The number of H-pyrrole nitrogens is 1. The Labute approximate surface area is 208 Å². The molecule has 0 saturated carbocycles. The first kappa shape index (κ1) is 24.5. The van der Waals surface area contributed by atoms with Crippen LogP contribution < -0.4 is 0 Å². The van der Waals surface area contributed by atoms with E-state index in [0.717, 1.165) is 71.4 Å². The molecule has 0 amide bonds. The van der Waals surface area contributed by atoms with Crippen LogP contribution >= 0.6 is 55.1 Å². The van der Waals surface area contributed by atoms with Crippen LogP contribution in [0.4, 0.5) is 0 Å². The van der Waals surface area contributed by atoms with Gasteiger partial charge in [-0.1, -0.05) is 30.6 Å². The lowest BCUT2D eigenvalue weighted by Gasteiger charge is -2.23. The third-order valence-electron chi connectivity index (χ3n) is 5.20. The Morgan fingerprint density at radius 3 is 2.39 bits per heavy atom. The lowest BCUT2D eigenvalue weighted by molar-refractivity contribution is -0.0366. The second-order valence-electron chi connectivity index (χ2n) is 7.32. The van der Waals surface area contributed by atoms with Crippen molar-refractivity contribution in [3.63, 3.8) is 0 Å². The number of rotatable bonds is 1. The van der Waals surface area contributed by atoms with E-state index in [-0.39, 0.29) is 13.7 Å². The van der Waals surface area contributed by atoms with Crippen LogP contribution in [-0.4, -0.2) is 26.6 Å². The molecule has 31 heavy (non-hydrogen) atoms. The number of ether oxygens (including phenoxy) is 1. The monoisotopic (exact) mass is 588 g/mol. The van der Waals surface area contributed by atoms with Crippen molar-refractivity contribution >= 4 is 76.9 Å². The normalized spacial score (nSPS) is 16.1. The maximum Gasteiger partial charge on any atom is 0.150 e. The highest BCUT2D eigenvalue weighted by atomic mass is 79.9. The van der Waals surface area contributed by atoms with Crippen LogP contribution in [-0.2, 0) is 4.74 Å². The zero-order valence-corrected chi connectivity index (χ0v) is 21.2. The van der Waals surface area contributed by atoms with Crippen molar-refractivity contribution < 1.29 is 4.74 Å². The minimum Gasteiger partial charge on any atom is -0.356 e. The van der Waals surface area contributed by atoms with Gasteiger partial charge in [-0.25, -0.2) is 4.68 Å². The number of hydrogen-bond donors (Lipinski definition) is 1. The zero-order valence-electron chi connectivity index (χ0n) is 16.5. The Morgan fingerprint density at radius 2 is 1.71 bits per heavy atom. The quantitative estimate of drug-likeness (QED) is 0.242. The predicted molar refractivity (Wildman–Crippen MR) is 136 cm³/mol. The topological polar surface area (TPSA) is 55.7 Å². The van der Waals surface area contributed by atoms with E-state index >= 15 is 0 Å². The molecule has 2 aromatic heterocycles. The number of nitrogens with one attached hydrogen (secondary N) is 1. The average Bonchev–Trinajstić information content (AvgIpc) is 3.39. The van der Waals surface area contributed by atoms with E-state index in [2.05, 4.69) is 53.2 Å². The van der Waals surface area contributed by atoms with Gasteiger partial charge in [-0.2, -0.15) is 10.2 Å². The van der Waals surface area contributed by atoms with Crippen LogP contribution in [0.3, 0.4) is 0 Å². The number of halogens is 4. The van der Waals surface area contributed by atoms with Crippen molar-refractivity contribution in [2.24, 2.45) is 0 Å². The average molecular weight is 591 g/mol. The zero-order chi connectivity index (χ0) is 21.4. The Balaban J connectivity index is 0.000000183. The highest BCUT2D eigenvalue weighted by Gasteiger charge is 2.20. The first-order valence-electron chi connectivity index (χ1n) is 9.59. The summed E-state index contributed by atoms with van der Waals surface area (Å²) in [6.45, 7) is 4.79. The van der Waals surface area contributed by atoms with Crippen LogP contribution in [0.25, 0.3) is 21.8 Å². The molecule has 5 rings (SSSR count). The lowest BCUT2D eigenvalue weighted by Crippen LogP contribution is -2.18. The standard InChI is InChI=1S/C13H14BrClN2O.C8H6BrClN2.CH4/c1-8-6-10-9(12(14)13(8)15)7-16-17(10)11-4-2-3-5-18-11;1-4-2-6-5(3-11-12-6)7(9)8(4)10;/h6-7,11H,2-5H2,1H3;2-3H,1H3,(H,11,12);1H4. The number of fused-ring (bicyclic) bond motifs is 2. The van der Waals surface area contributed by atoms with Crippen molar-refractivity contribution in [2.75, 3.05) is 6.61 Å². The molecule has 0 radical (unpaired) electrons. The molecule has 0 aliphatic carbocycles. The number of aryl methyl sites for hydroxylation is 2. The molecule has 9 heteroatoms. The molecule has 2 aromatic carbocycles. The fourth-order valence-corrected chi connectivity index (χ4v) is 5.10. The second kappa shape index (κ2) is 10.2. The molecule has 1 fully saturated rings. The van der Waals surface area contributed by atoms with E-state index < -0.39 is 0 Å². The van der Waals surface area contributed by atoms with Gasteiger partial charge in [0.2, 0.25) is 0 Å². The molecule has 4 aromatic rings. The number of hydrogen-bond acceptors (Lipinski definition) is 3. The maximum atomic E-state index is 6.24. The molecule has 1 atom stereocenters. The minimum absolute atomic E-state index is 0. The highest BCUT2D eigenvalue weighted by Crippen LogP contribution is 2.36. The van der Waals surface area contributed by atoms with Crippen molar-refractivity contribution in [3.8, 4) is 0 Å². The van der Waals surface area contributed by atoms with Crippen LogP contribution in [0.1, 0.15) is 44.0 Å². The highest BCUT2D eigenvalue weighted by molar-refractivity contribution is 9.11. The number of aromatic nitrogens is 4. The Hall–Kier alpha value is -1.12. The fourth-order valence-electron chi connectivity index (χ4n) is 3.54. The molecular weight excluding hydrogens is 567 g/mol. The Kier molecular flexibility index (Phi) is 8.08. The number of aromatic amines is 1. The summed E-state index contributed by atoms with van der Waals surface area (Å²) in [5, 5.41) is 14.9. The second-order valence-corrected chi connectivity index (χ2v) is 9.66. The molecule has 1 aliphatic rings. The SMILES string of the molecule is C.Cc1cc2[nH]ncc2c(Br)c1Cl.Cc1cc2c(cnn2C2CCCCO2)c(Br)c1Cl. The summed E-state index contributed by atoms with van der Waals surface area (Å²) in [5.74, 6) is 0. The molecule has 3 heterocycles. The van der Waals surface area contributed by atoms with E-state index in [0.29, 0.717) is 0 Å². The molecular formula is C22H24Br2Cl2N4O. The van der Waals surface area contributed by atoms with E-state index in [1.807, 2.05) is 30.8 Å². The van der Waals surface area contributed by atoms with Gasteiger partial charge in [0.25, 0.3) is 0 Å². The number of benzene rings is 2. The summed E-state index contributed by atoms with van der Waals surface area (Å²) in [7, 11) is 0. The van der Waals surface area contributed by atoms with Crippen LogP contribution in [0.2, 0.25) is 10.0 Å². The molecule has 1 unspecified atom stereocenters. The summed E-state index contributed by atoms with van der Waals surface area (Å²) in [5.41, 5.74) is 4.17. The summed E-state index contributed by atoms with van der Waals surface area (Å²) in [4.78, 5) is 0. The van der Waals surface area contributed by atoms with Crippen molar-refractivity contribution in [1.29, 1.82) is 0 Å². The summed E-state index contributed by atoms with van der Waals surface area (Å²) >= 11 is 19.2. The van der Waals surface area contributed by atoms with Gasteiger partial charge in [0.15, 0.2) is 6.23 Å². The third-order valence-corrected chi connectivity index (χ3v) is 8.27. The summed E-state index contributed by atoms with van der Waals surface area (Å²) in [6.07, 6.45) is 7.02. The van der Waals surface area contributed by atoms with Gasteiger partial charge >= 0.3 is 0 Å². The minimum atomic E-state index is 0. The van der Waals surface area contributed by atoms with Gasteiger partial charge in [-0.05, 0) is 88.2 Å². The molecule has 1 saturated heterocycles. The fraction of sp³-hybridized carbons (Fsp3) is 0.364. The van der Waals surface area contributed by atoms with Crippen molar-refractivity contribution in [1.82, 2.24) is 20.0 Å². The predicted octanol–water partition coefficient (Wildman–Crippen LogP) is 8.38. The van der Waals surface area contributed by atoms with Crippen LogP contribution in [0.5, 0.6) is 0 Å². The lowest BCUT2D eigenvalue weighted by atomic mass is 10.1. The van der Waals surface area contributed by atoms with E-state index in [9.17, 15) is 0 Å². The molecule has 166 valence electrons. The molecule has 0 bridgehead atoms.